The molecule has 2 aliphatic rings. The van der Waals surface area contributed by atoms with Crippen LogP contribution in [0.15, 0.2) is 18.2 Å². The number of hydrogen-bond acceptors (Lipinski definition) is 4. The first kappa shape index (κ1) is 16.3. The van der Waals surface area contributed by atoms with Crippen molar-refractivity contribution in [2.24, 2.45) is 0 Å². The Labute approximate surface area is 142 Å². The van der Waals surface area contributed by atoms with Gasteiger partial charge in [-0.2, -0.15) is 0 Å². The van der Waals surface area contributed by atoms with Crippen LogP contribution in [0.25, 0.3) is 0 Å². The van der Waals surface area contributed by atoms with Crippen LogP contribution in [0.1, 0.15) is 32.1 Å². The van der Waals surface area contributed by atoms with Crippen LogP contribution in [0, 0.1) is 0 Å². The highest BCUT2D eigenvalue weighted by Crippen LogP contribution is 2.32. The molecule has 0 atom stereocenters. The number of thiocarbonyl (C=S) groups is 1. The van der Waals surface area contributed by atoms with E-state index in [1.54, 1.807) is 0 Å². The predicted molar refractivity (Wildman–Crippen MR) is 94.5 cm³/mol. The van der Waals surface area contributed by atoms with Gasteiger partial charge in [-0.05, 0) is 43.6 Å². The molecule has 1 aromatic carbocycles. The molecule has 0 saturated heterocycles. The van der Waals surface area contributed by atoms with E-state index < -0.39 is 0 Å². The monoisotopic (exact) mass is 336 g/mol. The summed E-state index contributed by atoms with van der Waals surface area (Å²) in [6.45, 7) is 2.79. The second-order valence-electron chi connectivity index (χ2n) is 5.87. The van der Waals surface area contributed by atoms with Crippen LogP contribution in [0.4, 0.5) is 5.69 Å². The number of benzene rings is 1. The number of anilines is 1. The summed E-state index contributed by atoms with van der Waals surface area (Å²) in [6.07, 6.45) is 6.51. The molecule has 23 heavy (non-hydrogen) atoms. The molecular formula is C17H24N2O3S. The summed E-state index contributed by atoms with van der Waals surface area (Å²) in [4.78, 5) is 0. The van der Waals surface area contributed by atoms with E-state index in [2.05, 4.69) is 10.6 Å². The Kier molecular flexibility index (Phi) is 5.93. The van der Waals surface area contributed by atoms with Crippen LogP contribution in [0.2, 0.25) is 0 Å². The van der Waals surface area contributed by atoms with E-state index in [1.807, 2.05) is 18.2 Å². The molecule has 0 amide bonds. The Morgan fingerprint density at radius 3 is 2.78 bits per heavy atom. The van der Waals surface area contributed by atoms with Gasteiger partial charge in [-0.1, -0.05) is 12.8 Å². The largest absolute Gasteiger partial charge is 0.486 e. The third-order valence-corrected chi connectivity index (χ3v) is 4.31. The van der Waals surface area contributed by atoms with Gasteiger partial charge in [-0.15, -0.1) is 0 Å². The van der Waals surface area contributed by atoms with Gasteiger partial charge in [-0.25, -0.2) is 0 Å². The number of hydrogen-bond donors (Lipinski definition) is 2. The molecule has 0 unspecified atom stereocenters. The third-order valence-electron chi connectivity index (χ3n) is 4.06. The van der Waals surface area contributed by atoms with Gasteiger partial charge >= 0.3 is 0 Å². The van der Waals surface area contributed by atoms with Gasteiger partial charge < -0.3 is 24.8 Å². The summed E-state index contributed by atoms with van der Waals surface area (Å²) >= 11 is 5.31. The standard InChI is InChI=1S/C17H24N2O3S/c23-17(18-8-3-9-20-14-4-1-2-5-14)19-13-6-7-15-16(12-13)22-11-10-21-15/h6-7,12,14H,1-5,8-11H2,(H2,18,19,23). The lowest BCUT2D eigenvalue weighted by Gasteiger charge is -2.19. The molecule has 1 aliphatic carbocycles. The summed E-state index contributed by atoms with van der Waals surface area (Å²) in [6, 6.07) is 5.74. The van der Waals surface area contributed by atoms with Crippen LogP contribution >= 0.6 is 12.2 Å². The Balaban J connectivity index is 1.34. The molecule has 0 radical (unpaired) electrons. The third kappa shape index (κ3) is 4.97. The number of ether oxygens (including phenoxy) is 3. The van der Waals surface area contributed by atoms with Crippen molar-refractivity contribution in [1.82, 2.24) is 5.32 Å². The quantitative estimate of drug-likeness (QED) is 0.615. The van der Waals surface area contributed by atoms with Crippen molar-refractivity contribution in [2.75, 3.05) is 31.7 Å². The number of rotatable bonds is 6. The molecule has 3 rings (SSSR count). The highest BCUT2D eigenvalue weighted by molar-refractivity contribution is 7.80. The van der Waals surface area contributed by atoms with Crippen LogP contribution in [-0.4, -0.2) is 37.6 Å². The lowest BCUT2D eigenvalue weighted by Crippen LogP contribution is -2.30. The van der Waals surface area contributed by atoms with E-state index in [1.165, 1.54) is 25.7 Å². The van der Waals surface area contributed by atoms with E-state index in [4.69, 9.17) is 26.4 Å². The van der Waals surface area contributed by atoms with Gasteiger partial charge in [0.05, 0.1) is 6.10 Å². The molecule has 5 nitrogen and oxygen atoms in total. The van der Waals surface area contributed by atoms with Crippen molar-refractivity contribution in [2.45, 2.75) is 38.2 Å². The molecule has 1 aliphatic heterocycles. The van der Waals surface area contributed by atoms with Crippen LogP contribution in [-0.2, 0) is 4.74 Å². The SMILES string of the molecule is S=C(NCCCOC1CCCC1)Nc1ccc2c(c1)OCCO2. The zero-order valence-electron chi connectivity index (χ0n) is 13.3. The maximum absolute atomic E-state index is 5.83. The predicted octanol–water partition coefficient (Wildman–Crippen LogP) is 3.09. The molecule has 1 aromatic rings. The average Bonchev–Trinajstić information content (AvgIpc) is 3.08. The molecule has 2 N–H and O–H groups in total. The summed E-state index contributed by atoms with van der Waals surface area (Å²) in [7, 11) is 0. The maximum Gasteiger partial charge on any atom is 0.170 e. The fourth-order valence-electron chi connectivity index (χ4n) is 2.88. The minimum Gasteiger partial charge on any atom is -0.486 e. The van der Waals surface area contributed by atoms with E-state index in [9.17, 15) is 0 Å². The van der Waals surface area contributed by atoms with Gasteiger partial charge in [0.15, 0.2) is 16.6 Å². The molecule has 0 spiro atoms. The Morgan fingerprint density at radius 1 is 1.17 bits per heavy atom. The van der Waals surface area contributed by atoms with Gasteiger partial charge in [0.25, 0.3) is 0 Å². The fraction of sp³-hybridized carbons (Fsp3) is 0.588. The topological polar surface area (TPSA) is 51.8 Å². The van der Waals surface area contributed by atoms with Crippen molar-refractivity contribution < 1.29 is 14.2 Å². The number of fused-ring (bicyclic) bond motifs is 1. The molecule has 0 aromatic heterocycles. The Hall–Kier alpha value is -1.53. The second kappa shape index (κ2) is 8.36. The highest BCUT2D eigenvalue weighted by Gasteiger charge is 2.14. The van der Waals surface area contributed by atoms with Gasteiger partial charge in [0.2, 0.25) is 0 Å². The van der Waals surface area contributed by atoms with Crippen molar-refractivity contribution in [3.63, 3.8) is 0 Å². The highest BCUT2D eigenvalue weighted by atomic mass is 32.1. The van der Waals surface area contributed by atoms with Crippen LogP contribution in [0.3, 0.4) is 0 Å². The van der Waals surface area contributed by atoms with Crippen molar-refractivity contribution in [3.8, 4) is 11.5 Å². The van der Waals surface area contributed by atoms with E-state index >= 15 is 0 Å². The molecule has 6 heteroatoms. The molecule has 0 bridgehead atoms. The van der Waals surface area contributed by atoms with Crippen LogP contribution in [0.5, 0.6) is 11.5 Å². The van der Waals surface area contributed by atoms with Crippen molar-refractivity contribution >= 4 is 23.0 Å². The van der Waals surface area contributed by atoms with Crippen molar-refractivity contribution in [1.29, 1.82) is 0 Å². The average molecular weight is 336 g/mol. The summed E-state index contributed by atoms with van der Waals surface area (Å²) in [5.74, 6) is 1.54. The van der Waals surface area contributed by atoms with E-state index in [0.717, 1.165) is 36.8 Å². The van der Waals surface area contributed by atoms with Gasteiger partial charge in [-0.3, -0.25) is 0 Å². The lowest BCUT2D eigenvalue weighted by molar-refractivity contribution is 0.0574. The molecular weight excluding hydrogens is 312 g/mol. The fourth-order valence-corrected chi connectivity index (χ4v) is 3.10. The normalized spacial score (nSPS) is 17.0. The molecule has 126 valence electrons. The summed E-state index contributed by atoms with van der Waals surface area (Å²) in [5, 5.41) is 6.99. The number of nitrogens with one attached hydrogen (secondary N) is 2. The smallest absolute Gasteiger partial charge is 0.170 e. The van der Waals surface area contributed by atoms with Gasteiger partial charge in [0.1, 0.15) is 13.2 Å². The minimum absolute atomic E-state index is 0.484. The lowest BCUT2D eigenvalue weighted by atomic mass is 10.2. The van der Waals surface area contributed by atoms with E-state index in [-0.39, 0.29) is 0 Å². The Morgan fingerprint density at radius 2 is 1.96 bits per heavy atom. The summed E-state index contributed by atoms with van der Waals surface area (Å²) in [5.41, 5.74) is 0.897. The first-order chi connectivity index (χ1) is 11.3. The van der Waals surface area contributed by atoms with Gasteiger partial charge in [0, 0.05) is 24.9 Å². The zero-order chi connectivity index (χ0) is 15.9. The molecule has 1 heterocycles. The first-order valence-corrected chi connectivity index (χ1v) is 8.78. The van der Waals surface area contributed by atoms with Crippen LogP contribution < -0.4 is 20.1 Å². The Bertz CT molecular complexity index is 533. The molecule has 1 saturated carbocycles. The second-order valence-corrected chi connectivity index (χ2v) is 6.28. The maximum atomic E-state index is 5.83. The zero-order valence-corrected chi connectivity index (χ0v) is 14.1. The molecule has 1 fully saturated rings. The van der Waals surface area contributed by atoms with Crippen molar-refractivity contribution in [3.05, 3.63) is 18.2 Å². The summed E-state index contributed by atoms with van der Waals surface area (Å²) < 4.78 is 16.9. The minimum atomic E-state index is 0.484. The first-order valence-electron chi connectivity index (χ1n) is 8.37. The van der Waals surface area contributed by atoms with E-state index in [0.29, 0.717) is 24.4 Å².